The van der Waals surface area contributed by atoms with Crippen molar-refractivity contribution in [3.05, 3.63) is 23.8 Å². The molecule has 1 rings (SSSR count). The average Bonchev–Trinajstić information content (AvgIpc) is 2.31. The molecule has 0 atom stereocenters. The number of carbonyl (C=O) groups is 1. The van der Waals surface area contributed by atoms with Crippen LogP contribution < -0.4 is 9.47 Å². The van der Waals surface area contributed by atoms with Crippen LogP contribution in [0.3, 0.4) is 0 Å². The fourth-order valence-electron chi connectivity index (χ4n) is 1.27. The number of hydrogen-bond acceptors (Lipinski definition) is 4. The highest BCUT2D eigenvalue weighted by molar-refractivity contribution is 5.63. The first-order valence-electron chi connectivity index (χ1n) is 4.78. The van der Waals surface area contributed by atoms with E-state index in [-0.39, 0.29) is 5.75 Å². The van der Waals surface area contributed by atoms with Crippen LogP contribution in [0.15, 0.2) is 18.2 Å². The monoisotopic (exact) mass is 222 g/mol. The number of ether oxygens (including phenoxy) is 2. The van der Waals surface area contributed by atoms with Crippen molar-refractivity contribution in [2.24, 2.45) is 0 Å². The van der Waals surface area contributed by atoms with E-state index in [9.17, 15) is 9.90 Å². The van der Waals surface area contributed by atoms with Crippen molar-refractivity contribution in [1.29, 1.82) is 0 Å². The van der Waals surface area contributed by atoms with Crippen molar-refractivity contribution in [3.8, 4) is 17.2 Å². The molecular weight excluding hydrogens is 208 g/mol. The Labute approximate surface area is 94.1 Å². The summed E-state index contributed by atoms with van der Waals surface area (Å²) in [6.07, 6.45) is 4.65. The van der Waals surface area contributed by atoms with E-state index in [1.54, 1.807) is 24.3 Å². The van der Waals surface area contributed by atoms with Crippen LogP contribution in [0.5, 0.6) is 17.2 Å². The third kappa shape index (κ3) is 2.76. The Morgan fingerprint density at radius 2 is 1.81 bits per heavy atom. The maximum atomic E-state index is 10.2. The van der Waals surface area contributed by atoms with Gasteiger partial charge in [-0.1, -0.05) is 12.2 Å². The zero-order chi connectivity index (χ0) is 12.0. The lowest BCUT2D eigenvalue weighted by molar-refractivity contribution is -0.107. The number of hydrogen-bond donors (Lipinski definition) is 1. The predicted octanol–water partition coefficient (Wildman–Crippen LogP) is 2.01. The average molecular weight is 222 g/mol. The predicted molar refractivity (Wildman–Crippen MR) is 60.9 cm³/mol. The van der Waals surface area contributed by atoms with Crippen molar-refractivity contribution in [2.45, 2.75) is 6.42 Å². The quantitative estimate of drug-likeness (QED) is 0.774. The van der Waals surface area contributed by atoms with Gasteiger partial charge < -0.3 is 19.4 Å². The third-order valence-electron chi connectivity index (χ3n) is 2.04. The molecule has 0 aromatic heterocycles. The Hall–Kier alpha value is -1.97. The summed E-state index contributed by atoms with van der Waals surface area (Å²) in [5, 5.41) is 9.65. The molecule has 4 heteroatoms. The van der Waals surface area contributed by atoms with E-state index in [0.29, 0.717) is 17.9 Å². The van der Waals surface area contributed by atoms with Gasteiger partial charge in [-0.3, -0.25) is 0 Å². The number of aromatic hydroxyl groups is 1. The number of phenols is 1. The third-order valence-corrected chi connectivity index (χ3v) is 2.04. The lowest BCUT2D eigenvalue weighted by Gasteiger charge is -2.09. The lowest BCUT2D eigenvalue weighted by atomic mass is 10.1. The molecule has 0 heterocycles. The van der Waals surface area contributed by atoms with Crippen LogP contribution in [0, 0.1) is 0 Å². The first-order valence-corrected chi connectivity index (χ1v) is 4.78. The molecule has 0 fully saturated rings. The van der Waals surface area contributed by atoms with Gasteiger partial charge in [-0.05, 0) is 17.7 Å². The Balaban J connectivity index is 3.06. The highest BCUT2D eigenvalue weighted by atomic mass is 16.5. The van der Waals surface area contributed by atoms with E-state index in [4.69, 9.17) is 9.47 Å². The molecule has 0 saturated carbocycles. The molecule has 1 aromatic rings. The molecule has 0 unspecified atom stereocenters. The summed E-state index contributed by atoms with van der Waals surface area (Å²) >= 11 is 0. The molecule has 0 aliphatic rings. The van der Waals surface area contributed by atoms with Gasteiger partial charge in [0.25, 0.3) is 0 Å². The zero-order valence-corrected chi connectivity index (χ0v) is 9.27. The first-order chi connectivity index (χ1) is 7.72. The van der Waals surface area contributed by atoms with Crippen LogP contribution in [0.2, 0.25) is 0 Å². The number of carbonyl (C=O) groups excluding carboxylic acids is 1. The minimum atomic E-state index is -0.0301. The molecule has 0 aliphatic heterocycles. The summed E-state index contributed by atoms with van der Waals surface area (Å²) in [7, 11) is 2.93. The van der Waals surface area contributed by atoms with Gasteiger partial charge >= 0.3 is 0 Å². The molecule has 86 valence electrons. The van der Waals surface area contributed by atoms with Gasteiger partial charge in [0.1, 0.15) is 6.29 Å². The number of phenolic OH excluding ortho intramolecular Hbond substituents is 1. The molecule has 1 aromatic carbocycles. The SMILES string of the molecule is COc1cc(/C=C/CC=O)cc(OC)c1O. The molecule has 4 nitrogen and oxygen atoms in total. The Kier molecular flexibility index (Phi) is 4.39. The molecule has 0 aliphatic carbocycles. The molecule has 0 amide bonds. The first kappa shape index (κ1) is 12.1. The van der Waals surface area contributed by atoms with Crippen molar-refractivity contribution in [1.82, 2.24) is 0 Å². The van der Waals surface area contributed by atoms with Crippen LogP contribution >= 0.6 is 0 Å². The highest BCUT2D eigenvalue weighted by Gasteiger charge is 2.09. The normalized spacial score (nSPS) is 10.4. The van der Waals surface area contributed by atoms with E-state index < -0.39 is 0 Å². The van der Waals surface area contributed by atoms with E-state index >= 15 is 0 Å². The van der Waals surface area contributed by atoms with Crippen LogP contribution in [0.25, 0.3) is 6.08 Å². The summed E-state index contributed by atoms with van der Waals surface area (Å²) in [5.41, 5.74) is 0.799. The highest BCUT2D eigenvalue weighted by Crippen LogP contribution is 2.37. The second kappa shape index (κ2) is 5.80. The van der Waals surface area contributed by atoms with E-state index in [2.05, 4.69) is 0 Å². The Morgan fingerprint density at radius 3 is 2.25 bits per heavy atom. The van der Waals surface area contributed by atoms with E-state index in [0.717, 1.165) is 11.8 Å². The summed E-state index contributed by atoms with van der Waals surface area (Å²) < 4.78 is 10.0. The summed E-state index contributed by atoms with van der Waals surface area (Å²) in [6, 6.07) is 3.33. The summed E-state index contributed by atoms with van der Waals surface area (Å²) in [6.45, 7) is 0. The standard InChI is InChI=1S/C12H14O4/c1-15-10-7-9(5-3-4-6-13)8-11(16-2)12(10)14/h3,5-8,14H,4H2,1-2H3/b5-3+. The molecular formula is C12H14O4. The number of allylic oxidation sites excluding steroid dienone is 1. The van der Waals surface area contributed by atoms with Crippen molar-refractivity contribution >= 4 is 12.4 Å². The number of methoxy groups -OCH3 is 2. The maximum Gasteiger partial charge on any atom is 0.200 e. The number of benzene rings is 1. The molecule has 1 N–H and O–H groups in total. The smallest absolute Gasteiger partial charge is 0.200 e. The van der Waals surface area contributed by atoms with Gasteiger partial charge in [0.05, 0.1) is 14.2 Å². The Morgan fingerprint density at radius 1 is 1.25 bits per heavy atom. The molecule has 16 heavy (non-hydrogen) atoms. The van der Waals surface area contributed by atoms with Gasteiger partial charge in [-0.2, -0.15) is 0 Å². The summed E-state index contributed by atoms with van der Waals surface area (Å²) in [4.78, 5) is 10.2. The molecule has 0 spiro atoms. The van der Waals surface area contributed by atoms with Crippen LogP contribution in [-0.2, 0) is 4.79 Å². The van der Waals surface area contributed by atoms with Crippen molar-refractivity contribution in [3.63, 3.8) is 0 Å². The fraction of sp³-hybridized carbons (Fsp3) is 0.250. The fourth-order valence-corrected chi connectivity index (χ4v) is 1.27. The van der Waals surface area contributed by atoms with Crippen LogP contribution in [-0.4, -0.2) is 25.6 Å². The summed E-state index contributed by atoms with van der Waals surface area (Å²) in [5.74, 6) is 0.646. The minimum absolute atomic E-state index is 0.0301. The molecule has 0 saturated heterocycles. The van der Waals surface area contributed by atoms with Gasteiger partial charge in [-0.15, -0.1) is 0 Å². The lowest BCUT2D eigenvalue weighted by Crippen LogP contribution is -1.90. The van der Waals surface area contributed by atoms with Gasteiger partial charge in [0.15, 0.2) is 11.5 Å². The minimum Gasteiger partial charge on any atom is -0.502 e. The van der Waals surface area contributed by atoms with E-state index in [1.165, 1.54) is 14.2 Å². The number of aldehydes is 1. The van der Waals surface area contributed by atoms with Gasteiger partial charge in [0.2, 0.25) is 5.75 Å². The van der Waals surface area contributed by atoms with Gasteiger partial charge in [0, 0.05) is 6.42 Å². The van der Waals surface area contributed by atoms with Crippen molar-refractivity contribution in [2.75, 3.05) is 14.2 Å². The molecule has 0 radical (unpaired) electrons. The number of rotatable bonds is 5. The van der Waals surface area contributed by atoms with Crippen LogP contribution in [0.1, 0.15) is 12.0 Å². The Bertz CT molecular complexity index is 371. The van der Waals surface area contributed by atoms with Crippen LogP contribution in [0.4, 0.5) is 0 Å². The zero-order valence-electron chi connectivity index (χ0n) is 9.27. The van der Waals surface area contributed by atoms with Crippen molar-refractivity contribution < 1.29 is 19.4 Å². The molecule has 0 bridgehead atoms. The topological polar surface area (TPSA) is 55.8 Å². The largest absolute Gasteiger partial charge is 0.502 e. The maximum absolute atomic E-state index is 10.2. The van der Waals surface area contributed by atoms with E-state index in [1.807, 2.05) is 0 Å². The second-order valence-electron chi connectivity index (χ2n) is 3.08. The second-order valence-corrected chi connectivity index (χ2v) is 3.08. The van der Waals surface area contributed by atoms with Gasteiger partial charge in [-0.25, -0.2) is 0 Å².